The number of carbonyl (C=O) groups is 1. The van der Waals surface area contributed by atoms with E-state index in [0.717, 1.165) is 11.8 Å². The first-order valence-electron chi connectivity index (χ1n) is 4.38. The minimum absolute atomic E-state index is 0.101. The van der Waals surface area contributed by atoms with Crippen molar-refractivity contribution < 1.29 is 9.90 Å². The third-order valence-corrected chi connectivity index (χ3v) is 3.88. The van der Waals surface area contributed by atoms with Gasteiger partial charge in [0, 0.05) is 7.05 Å². The molecule has 0 aliphatic carbocycles. The number of hydrogen-bond donors (Lipinski definition) is 1. The second kappa shape index (κ2) is 4.26. The summed E-state index contributed by atoms with van der Waals surface area (Å²) in [6.07, 6.45) is 0. The summed E-state index contributed by atoms with van der Waals surface area (Å²) >= 11 is 2.38. The second-order valence-electron chi connectivity index (χ2n) is 3.08. The largest absolute Gasteiger partial charge is 0.481 e. The summed E-state index contributed by atoms with van der Waals surface area (Å²) in [6, 6.07) is 1.76. The van der Waals surface area contributed by atoms with Gasteiger partial charge >= 0.3 is 5.97 Å². The summed E-state index contributed by atoms with van der Waals surface area (Å²) in [5, 5.41) is 10.8. The first-order chi connectivity index (χ1) is 7.59. The van der Waals surface area contributed by atoms with Crippen LogP contribution in [0.2, 0.25) is 0 Å². The van der Waals surface area contributed by atoms with Crippen LogP contribution in [-0.4, -0.2) is 26.4 Å². The Morgan fingerprint density at radius 3 is 3.12 bits per heavy atom. The number of thioether (sulfide) groups is 1. The Morgan fingerprint density at radius 1 is 1.69 bits per heavy atom. The van der Waals surface area contributed by atoms with Gasteiger partial charge in [-0.2, -0.15) is 0 Å². The van der Waals surface area contributed by atoms with E-state index in [1.807, 2.05) is 0 Å². The molecule has 2 aromatic rings. The Balaban J connectivity index is 2.49. The summed E-state index contributed by atoms with van der Waals surface area (Å²) in [4.78, 5) is 26.5. The monoisotopic (exact) mass is 256 g/mol. The molecule has 0 amide bonds. The molecule has 0 bridgehead atoms. The molecule has 2 rings (SSSR count). The molecule has 16 heavy (non-hydrogen) atoms. The molecule has 84 valence electrons. The van der Waals surface area contributed by atoms with E-state index in [-0.39, 0.29) is 11.3 Å². The number of aromatic nitrogens is 2. The highest BCUT2D eigenvalue weighted by Crippen LogP contribution is 2.19. The molecule has 7 heteroatoms. The molecule has 5 nitrogen and oxygen atoms in total. The summed E-state index contributed by atoms with van der Waals surface area (Å²) in [6.45, 7) is 0. The van der Waals surface area contributed by atoms with Gasteiger partial charge in [0.1, 0.15) is 4.70 Å². The second-order valence-corrected chi connectivity index (χ2v) is 4.93. The lowest BCUT2D eigenvalue weighted by Crippen LogP contribution is -2.19. The number of hydrogen-bond acceptors (Lipinski definition) is 5. The fourth-order valence-corrected chi connectivity index (χ4v) is 2.72. The molecular formula is C9H8N2O3S2. The van der Waals surface area contributed by atoms with E-state index in [4.69, 9.17) is 5.11 Å². The van der Waals surface area contributed by atoms with E-state index in [9.17, 15) is 9.59 Å². The maximum Gasteiger partial charge on any atom is 0.313 e. The highest BCUT2D eigenvalue weighted by atomic mass is 32.2. The summed E-state index contributed by atoms with van der Waals surface area (Å²) in [5.41, 5.74) is 0.494. The van der Waals surface area contributed by atoms with Crippen LogP contribution in [0.4, 0.5) is 0 Å². The minimum atomic E-state index is -0.926. The molecule has 1 N–H and O–H groups in total. The topological polar surface area (TPSA) is 72.2 Å². The molecular weight excluding hydrogens is 248 g/mol. The zero-order valence-corrected chi connectivity index (χ0v) is 9.97. The standard InChI is InChI=1S/C9H8N2O3S2/c1-11-8(14)7-5(2-3-15-7)10-9(11)16-4-6(12)13/h2-3H,4H2,1H3,(H,12,13). The third-order valence-electron chi connectivity index (χ3n) is 1.97. The minimum Gasteiger partial charge on any atom is -0.481 e. The number of rotatable bonds is 3. The van der Waals surface area contributed by atoms with Crippen LogP contribution in [0.3, 0.4) is 0 Å². The molecule has 2 aromatic heterocycles. The van der Waals surface area contributed by atoms with Crippen LogP contribution >= 0.6 is 23.1 Å². The Hall–Kier alpha value is -1.34. The zero-order chi connectivity index (χ0) is 11.7. The van der Waals surface area contributed by atoms with Gasteiger partial charge in [-0.3, -0.25) is 14.2 Å². The molecule has 0 aliphatic rings. The van der Waals surface area contributed by atoms with Crippen LogP contribution in [0.5, 0.6) is 0 Å². The Bertz CT molecular complexity index is 602. The Morgan fingerprint density at radius 2 is 2.44 bits per heavy atom. The fourth-order valence-electron chi connectivity index (χ4n) is 1.22. The van der Waals surface area contributed by atoms with Crippen LogP contribution in [-0.2, 0) is 11.8 Å². The average Bonchev–Trinajstić information content (AvgIpc) is 2.69. The van der Waals surface area contributed by atoms with Crippen LogP contribution in [0.15, 0.2) is 21.4 Å². The van der Waals surface area contributed by atoms with Crippen molar-refractivity contribution in [2.24, 2.45) is 7.05 Å². The summed E-state index contributed by atoms with van der Waals surface area (Å²) in [7, 11) is 1.60. The van der Waals surface area contributed by atoms with Crippen molar-refractivity contribution in [3.8, 4) is 0 Å². The highest BCUT2D eigenvalue weighted by Gasteiger charge is 2.10. The highest BCUT2D eigenvalue weighted by molar-refractivity contribution is 7.99. The Labute approximate surface area is 98.7 Å². The predicted octanol–water partition coefficient (Wildman–Crippen LogP) is 1.17. The van der Waals surface area contributed by atoms with Crippen molar-refractivity contribution in [1.82, 2.24) is 9.55 Å². The first kappa shape index (κ1) is 11.2. The van der Waals surface area contributed by atoms with Crippen molar-refractivity contribution in [2.75, 3.05) is 5.75 Å². The maximum absolute atomic E-state index is 11.8. The quantitative estimate of drug-likeness (QED) is 0.659. The van der Waals surface area contributed by atoms with Crippen LogP contribution < -0.4 is 5.56 Å². The fraction of sp³-hybridized carbons (Fsp3) is 0.222. The van der Waals surface area contributed by atoms with E-state index >= 15 is 0 Å². The number of fused-ring (bicyclic) bond motifs is 1. The van der Waals surface area contributed by atoms with Crippen molar-refractivity contribution in [1.29, 1.82) is 0 Å². The Kier molecular flexibility index (Phi) is 2.97. The van der Waals surface area contributed by atoms with Gasteiger partial charge in [0.2, 0.25) is 0 Å². The number of thiophene rings is 1. The van der Waals surface area contributed by atoms with Gasteiger partial charge in [0.25, 0.3) is 5.56 Å². The summed E-state index contributed by atoms with van der Waals surface area (Å²) < 4.78 is 1.98. The normalized spacial score (nSPS) is 10.8. The van der Waals surface area contributed by atoms with Gasteiger partial charge in [-0.15, -0.1) is 11.3 Å². The van der Waals surface area contributed by atoms with Crippen LogP contribution in [0.25, 0.3) is 10.2 Å². The lowest BCUT2D eigenvalue weighted by molar-refractivity contribution is -0.133. The van der Waals surface area contributed by atoms with Gasteiger partial charge < -0.3 is 5.11 Å². The molecule has 0 saturated heterocycles. The smallest absolute Gasteiger partial charge is 0.313 e. The van der Waals surface area contributed by atoms with Crippen LogP contribution in [0.1, 0.15) is 0 Å². The molecule has 0 unspecified atom stereocenters. The zero-order valence-electron chi connectivity index (χ0n) is 8.34. The van der Waals surface area contributed by atoms with Crippen molar-refractivity contribution in [2.45, 2.75) is 5.16 Å². The van der Waals surface area contributed by atoms with Gasteiger partial charge in [-0.25, -0.2) is 4.98 Å². The SMILES string of the molecule is Cn1c(SCC(=O)O)nc2ccsc2c1=O. The van der Waals surface area contributed by atoms with E-state index < -0.39 is 5.97 Å². The van der Waals surface area contributed by atoms with Gasteiger partial charge in [0.05, 0.1) is 11.3 Å². The molecule has 0 fully saturated rings. The lowest BCUT2D eigenvalue weighted by Gasteiger charge is -2.04. The molecule has 0 spiro atoms. The third kappa shape index (κ3) is 1.96. The number of nitrogens with zero attached hydrogens (tertiary/aromatic N) is 2. The average molecular weight is 256 g/mol. The maximum atomic E-state index is 11.8. The predicted molar refractivity (Wildman–Crippen MR) is 63.2 cm³/mol. The number of carboxylic acids is 1. The van der Waals surface area contributed by atoms with Gasteiger partial charge in [-0.05, 0) is 11.4 Å². The molecule has 0 radical (unpaired) electrons. The van der Waals surface area contributed by atoms with Crippen molar-refractivity contribution >= 4 is 39.3 Å². The van der Waals surface area contributed by atoms with Gasteiger partial charge in [-0.1, -0.05) is 11.8 Å². The molecule has 2 heterocycles. The van der Waals surface area contributed by atoms with Crippen LogP contribution in [0, 0.1) is 0 Å². The van der Waals surface area contributed by atoms with Crippen molar-refractivity contribution in [3.05, 3.63) is 21.8 Å². The first-order valence-corrected chi connectivity index (χ1v) is 6.25. The van der Waals surface area contributed by atoms with E-state index in [1.165, 1.54) is 15.9 Å². The van der Waals surface area contributed by atoms with Gasteiger partial charge in [0.15, 0.2) is 5.16 Å². The lowest BCUT2D eigenvalue weighted by atomic mass is 10.5. The molecule has 0 atom stereocenters. The van der Waals surface area contributed by atoms with Crippen molar-refractivity contribution in [3.63, 3.8) is 0 Å². The van der Waals surface area contributed by atoms with E-state index in [1.54, 1.807) is 18.5 Å². The molecule has 0 saturated carbocycles. The van der Waals surface area contributed by atoms with E-state index in [2.05, 4.69) is 4.98 Å². The molecule has 0 aliphatic heterocycles. The number of aliphatic carboxylic acids is 1. The number of carboxylic acid groups (broad SMARTS) is 1. The van der Waals surface area contributed by atoms with E-state index in [0.29, 0.717) is 15.4 Å². The molecule has 0 aromatic carbocycles. The summed E-state index contributed by atoms with van der Waals surface area (Å²) in [5.74, 6) is -1.03.